The highest BCUT2D eigenvalue weighted by Gasteiger charge is 2.16. The molecule has 2 heterocycles. The third kappa shape index (κ3) is 4.32. The number of aromatic nitrogens is 2. The number of nitrogens with one attached hydrogen (secondary N) is 2. The van der Waals surface area contributed by atoms with Crippen LogP contribution in [0.2, 0.25) is 10.0 Å². The number of nitrogens with zero attached hydrogens (tertiary/aromatic N) is 1. The van der Waals surface area contributed by atoms with Crippen LogP contribution in [0.25, 0.3) is 22.3 Å². The number of pyridine rings is 1. The van der Waals surface area contributed by atoms with E-state index in [1.54, 1.807) is 30.5 Å². The van der Waals surface area contributed by atoms with Gasteiger partial charge in [-0.15, -0.1) is 0 Å². The van der Waals surface area contributed by atoms with Gasteiger partial charge in [-0.05, 0) is 60.9 Å². The maximum absolute atomic E-state index is 13.9. The molecule has 0 saturated carbocycles. The van der Waals surface area contributed by atoms with Gasteiger partial charge in [0.15, 0.2) is 0 Å². The van der Waals surface area contributed by atoms with Gasteiger partial charge in [-0.1, -0.05) is 35.3 Å². The van der Waals surface area contributed by atoms with Crippen molar-refractivity contribution in [1.82, 2.24) is 9.97 Å². The lowest BCUT2D eigenvalue weighted by Gasteiger charge is -2.09. The van der Waals surface area contributed by atoms with Crippen LogP contribution in [0.3, 0.4) is 0 Å². The Morgan fingerprint density at radius 2 is 1.87 bits per heavy atom. The number of aromatic amines is 1. The molecule has 0 atom stereocenters. The van der Waals surface area contributed by atoms with Crippen molar-refractivity contribution in [3.63, 3.8) is 0 Å². The van der Waals surface area contributed by atoms with Crippen molar-refractivity contribution in [3.8, 4) is 11.4 Å². The summed E-state index contributed by atoms with van der Waals surface area (Å²) >= 11 is 12.2. The Labute approximate surface area is 183 Å². The fraction of sp³-hybridized carbons (Fsp3) is 0.130. The van der Waals surface area contributed by atoms with Crippen molar-refractivity contribution in [2.75, 3.05) is 5.32 Å². The lowest BCUT2D eigenvalue weighted by Crippen LogP contribution is -2.12. The van der Waals surface area contributed by atoms with Gasteiger partial charge in [0.25, 0.3) is 0 Å². The van der Waals surface area contributed by atoms with E-state index < -0.39 is 0 Å². The summed E-state index contributed by atoms with van der Waals surface area (Å²) in [7, 11) is 0. The van der Waals surface area contributed by atoms with Crippen LogP contribution in [0.15, 0.2) is 60.8 Å². The molecule has 0 aliphatic rings. The van der Waals surface area contributed by atoms with Gasteiger partial charge in [0, 0.05) is 23.5 Å². The molecule has 2 aromatic carbocycles. The number of carbonyl (C=O) groups excluding carboxylic acids is 1. The van der Waals surface area contributed by atoms with Crippen molar-refractivity contribution in [1.29, 1.82) is 0 Å². The molecule has 7 heteroatoms. The summed E-state index contributed by atoms with van der Waals surface area (Å²) < 4.78 is 13.9. The highest BCUT2D eigenvalue weighted by molar-refractivity contribution is 6.39. The smallest absolute Gasteiger partial charge is 0.224 e. The quantitative estimate of drug-likeness (QED) is 0.352. The molecule has 1 amide bonds. The molecule has 0 aliphatic heterocycles. The van der Waals surface area contributed by atoms with E-state index in [9.17, 15) is 9.18 Å². The zero-order valence-corrected chi connectivity index (χ0v) is 17.4. The molecule has 0 unspecified atom stereocenters. The summed E-state index contributed by atoms with van der Waals surface area (Å²) in [5, 5.41) is 4.34. The standard InChI is InChI=1S/C23H18Cl2FN3O/c24-17-6-4-7-18(25)23(17)29-21(30)9-3-5-15-16-13-14(26)10-11-19(16)28-22(15)20-8-1-2-12-27-20/h1-2,4,6-8,10-13,28H,3,5,9H2,(H,29,30). The fourth-order valence-corrected chi connectivity index (χ4v) is 3.95. The van der Waals surface area contributed by atoms with E-state index in [4.69, 9.17) is 23.2 Å². The van der Waals surface area contributed by atoms with Crippen molar-refractivity contribution < 1.29 is 9.18 Å². The molecule has 0 bridgehead atoms. The SMILES string of the molecule is O=C(CCCc1c(-c2ccccn2)[nH]c2ccc(F)cc12)Nc1c(Cl)cccc1Cl. The number of anilines is 1. The van der Waals surface area contributed by atoms with Crippen molar-refractivity contribution in [2.45, 2.75) is 19.3 Å². The summed E-state index contributed by atoms with van der Waals surface area (Å²) in [5.41, 5.74) is 3.79. The number of carbonyl (C=O) groups is 1. The summed E-state index contributed by atoms with van der Waals surface area (Å²) in [6.45, 7) is 0. The molecule has 0 saturated heterocycles. The Balaban J connectivity index is 1.53. The number of para-hydroxylation sites is 1. The molecule has 0 radical (unpaired) electrons. The number of aryl methyl sites for hydroxylation is 1. The van der Waals surface area contributed by atoms with Gasteiger partial charge in [-0.2, -0.15) is 0 Å². The van der Waals surface area contributed by atoms with Gasteiger partial charge in [0.2, 0.25) is 5.91 Å². The number of hydrogen-bond acceptors (Lipinski definition) is 2. The van der Waals surface area contributed by atoms with E-state index in [0.29, 0.717) is 28.6 Å². The fourth-order valence-electron chi connectivity index (χ4n) is 3.45. The van der Waals surface area contributed by atoms with E-state index in [1.165, 1.54) is 12.1 Å². The number of H-pyrrole nitrogens is 1. The molecular weight excluding hydrogens is 424 g/mol. The van der Waals surface area contributed by atoms with Crippen LogP contribution in [-0.4, -0.2) is 15.9 Å². The van der Waals surface area contributed by atoms with Gasteiger partial charge < -0.3 is 10.3 Å². The third-order valence-corrected chi connectivity index (χ3v) is 5.48. The summed E-state index contributed by atoms with van der Waals surface area (Å²) in [6.07, 6.45) is 3.13. The van der Waals surface area contributed by atoms with Crippen molar-refractivity contribution in [2.24, 2.45) is 0 Å². The minimum atomic E-state index is -0.304. The van der Waals surface area contributed by atoms with Crippen LogP contribution >= 0.6 is 23.2 Å². The van der Waals surface area contributed by atoms with Crippen LogP contribution in [0.1, 0.15) is 18.4 Å². The van der Waals surface area contributed by atoms with Crippen LogP contribution in [0.5, 0.6) is 0 Å². The van der Waals surface area contributed by atoms with Gasteiger partial charge in [0.05, 0.1) is 27.1 Å². The second-order valence-electron chi connectivity index (χ2n) is 6.88. The first kappa shape index (κ1) is 20.4. The monoisotopic (exact) mass is 441 g/mol. The van der Waals surface area contributed by atoms with Crippen LogP contribution in [0, 0.1) is 5.82 Å². The Kier molecular flexibility index (Phi) is 6.02. The molecule has 0 fully saturated rings. The Hall–Kier alpha value is -2.89. The molecule has 0 spiro atoms. The minimum Gasteiger partial charge on any atom is -0.353 e. The molecule has 2 aromatic heterocycles. The lowest BCUT2D eigenvalue weighted by molar-refractivity contribution is -0.116. The van der Waals surface area contributed by atoms with E-state index in [-0.39, 0.29) is 18.1 Å². The largest absolute Gasteiger partial charge is 0.353 e. The summed E-state index contributed by atoms with van der Waals surface area (Å²) in [5.74, 6) is -0.489. The van der Waals surface area contributed by atoms with Gasteiger partial charge in [-0.3, -0.25) is 9.78 Å². The Bertz CT molecular complexity index is 1190. The summed E-state index contributed by atoms with van der Waals surface area (Å²) in [4.78, 5) is 20.2. The normalized spacial score (nSPS) is 11.0. The first-order valence-electron chi connectivity index (χ1n) is 9.48. The predicted octanol–water partition coefficient (Wildman–Crippen LogP) is 6.64. The zero-order chi connectivity index (χ0) is 21.1. The predicted molar refractivity (Wildman–Crippen MR) is 120 cm³/mol. The Morgan fingerprint density at radius 3 is 2.60 bits per heavy atom. The number of amides is 1. The third-order valence-electron chi connectivity index (χ3n) is 4.85. The second-order valence-corrected chi connectivity index (χ2v) is 7.70. The van der Waals surface area contributed by atoms with E-state index in [1.807, 2.05) is 18.2 Å². The van der Waals surface area contributed by atoms with Crippen LogP contribution in [-0.2, 0) is 11.2 Å². The van der Waals surface area contributed by atoms with Crippen molar-refractivity contribution in [3.05, 3.63) is 82.2 Å². The number of rotatable bonds is 6. The number of benzene rings is 2. The topological polar surface area (TPSA) is 57.8 Å². The Morgan fingerprint density at radius 1 is 1.07 bits per heavy atom. The summed E-state index contributed by atoms with van der Waals surface area (Å²) in [6, 6.07) is 15.3. The molecule has 2 N–H and O–H groups in total. The number of fused-ring (bicyclic) bond motifs is 1. The highest BCUT2D eigenvalue weighted by atomic mass is 35.5. The van der Waals surface area contributed by atoms with Crippen molar-refractivity contribution >= 4 is 45.7 Å². The molecule has 4 rings (SSSR count). The maximum Gasteiger partial charge on any atom is 0.224 e. The van der Waals surface area contributed by atoms with E-state index in [2.05, 4.69) is 15.3 Å². The van der Waals surface area contributed by atoms with Crippen LogP contribution in [0.4, 0.5) is 10.1 Å². The molecule has 30 heavy (non-hydrogen) atoms. The molecule has 4 aromatic rings. The average Bonchev–Trinajstić information content (AvgIpc) is 3.09. The minimum absolute atomic E-state index is 0.185. The number of halogens is 3. The lowest BCUT2D eigenvalue weighted by atomic mass is 10.0. The van der Waals surface area contributed by atoms with E-state index >= 15 is 0 Å². The first-order valence-corrected chi connectivity index (χ1v) is 10.2. The van der Waals surface area contributed by atoms with E-state index in [0.717, 1.165) is 27.9 Å². The number of hydrogen-bond donors (Lipinski definition) is 2. The van der Waals surface area contributed by atoms with Gasteiger partial charge in [0.1, 0.15) is 5.82 Å². The molecule has 0 aliphatic carbocycles. The molecule has 152 valence electrons. The maximum atomic E-state index is 13.9. The van der Waals surface area contributed by atoms with Gasteiger partial charge >= 0.3 is 0 Å². The zero-order valence-electron chi connectivity index (χ0n) is 15.9. The van der Waals surface area contributed by atoms with Crippen LogP contribution < -0.4 is 5.32 Å². The average molecular weight is 442 g/mol. The van der Waals surface area contributed by atoms with Gasteiger partial charge in [-0.25, -0.2) is 4.39 Å². The second kappa shape index (κ2) is 8.86. The highest BCUT2D eigenvalue weighted by Crippen LogP contribution is 2.32. The first-order chi connectivity index (χ1) is 14.5. The molecular formula is C23H18Cl2FN3O. The molecule has 4 nitrogen and oxygen atoms in total.